The van der Waals surface area contributed by atoms with Crippen molar-refractivity contribution in [2.45, 2.75) is 59.0 Å². The zero-order valence-electron chi connectivity index (χ0n) is 11.4. The molecule has 0 saturated carbocycles. The number of amides is 1. The fraction of sp³-hybridized carbons (Fsp3) is 0.786. The molecule has 3 heteroatoms. The number of hydrogen-bond donors (Lipinski definition) is 2. The van der Waals surface area contributed by atoms with E-state index >= 15 is 0 Å². The van der Waals surface area contributed by atoms with Crippen molar-refractivity contribution in [2.75, 3.05) is 6.54 Å². The summed E-state index contributed by atoms with van der Waals surface area (Å²) in [4.78, 5) is 11.3. The highest BCUT2D eigenvalue weighted by molar-refractivity contribution is 5.77. The van der Waals surface area contributed by atoms with Crippen LogP contribution in [0, 0.1) is 5.92 Å². The van der Waals surface area contributed by atoms with E-state index in [1.807, 2.05) is 0 Å². The van der Waals surface area contributed by atoms with Gasteiger partial charge in [0.05, 0.1) is 6.10 Å². The molecule has 0 aliphatic heterocycles. The number of unbranched alkanes of at least 4 members (excludes halogenated alkanes) is 2. The van der Waals surface area contributed by atoms with E-state index in [9.17, 15) is 9.90 Å². The molecule has 0 aromatic heterocycles. The second-order valence-corrected chi connectivity index (χ2v) is 4.89. The Bertz CT molecular complexity index is 224. The molecule has 0 aliphatic carbocycles. The number of carbonyl (C=O) groups excluding carboxylic acids is 1. The summed E-state index contributed by atoms with van der Waals surface area (Å²) < 4.78 is 0. The predicted molar refractivity (Wildman–Crippen MR) is 71.8 cm³/mol. The van der Waals surface area contributed by atoms with Crippen LogP contribution in [0.15, 0.2) is 12.2 Å². The summed E-state index contributed by atoms with van der Waals surface area (Å²) in [6.07, 6.45) is 7.58. The van der Waals surface area contributed by atoms with E-state index < -0.39 is 6.10 Å². The number of rotatable bonds is 9. The second kappa shape index (κ2) is 10.3. The average molecular weight is 241 g/mol. The Labute approximate surface area is 105 Å². The minimum absolute atomic E-state index is 0.0238. The summed E-state index contributed by atoms with van der Waals surface area (Å²) in [5.41, 5.74) is 0. The van der Waals surface area contributed by atoms with Crippen LogP contribution >= 0.6 is 0 Å². The number of carbonyl (C=O) groups is 1. The molecule has 0 radical (unpaired) electrons. The minimum Gasteiger partial charge on any atom is -0.389 e. The molecule has 1 unspecified atom stereocenters. The van der Waals surface area contributed by atoms with Crippen molar-refractivity contribution in [3.05, 3.63) is 12.2 Å². The first kappa shape index (κ1) is 16.2. The first-order valence-corrected chi connectivity index (χ1v) is 6.67. The van der Waals surface area contributed by atoms with Gasteiger partial charge in [0.1, 0.15) is 0 Å². The lowest BCUT2D eigenvalue weighted by molar-refractivity contribution is -0.120. The van der Waals surface area contributed by atoms with E-state index in [4.69, 9.17) is 0 Å². The molecular formula is C14H27NO2. The fourth-order valence-electron chi connectivity index (χ4n) is 1.42. The van der Waals surface area contributed by atoms with Crippen LogP contribution in [0.2, 0.25) is 0 Å². The van der Waals surface area contributed by atoms with Crippen LogP contribution in [0.4, 0.5) is 0 Å². The summed E-state index contributed by atoms with van der Waals surface area (Å²) in [7, 11) is 0. The Morgan fingerprint density at radius 1 is 1.35 bits per heavy atom. The molecule has 0 heterocycles. The average Bonchev–Trinajstić information content (AvgIpc) is 2.27. The van der Waals surface area contributed by atoms with Crippen molar-refractivity contribution in [1.82, 2.24) is 5.32 Å². The summed E-state index contributed by atoms with van der Waals surface area (Å²) in [5, 5.41) is 12.4. The van der Waals surface area contributed by atoms with Gasteiger partial charge in [-0.05, 0) is 12.3 Å². The monoisotopic (exact) mass is 241 g/mol. The van der Waals surface area contributed by atoms with Gasteiger partial charge in [0, 0.05) is 13.0 Å². The quantitative estimate of drug-likeness (QED) is 0.481. The highest BCUT2D eigenvalue weighted by Gasteiger charge is 2.01. The first-order valence-electron chi connectivity index (χ1n) is 6.67. The van der Waals surface area contributed by atoms with Crippen molar-refractivity contribution >= 4 is 5.91 Å². The molecule has 100 valence electrons. The molecule has 1 amide bonds. The van der Waals surface area contributed by atoms with Crippen LogP contribution in [-0.4, -0.2) is 23.7 Å². The van der Waals surface area contributed by atoms with Crippen LogP contribution in [0.5, 0.6) is 0 Å². The Kier molecular flexibility index (Phi) is 9.83. The van der Waals surface area contributed by atoms with Crippen LogP contribution < -0.4 is 5.32 Å². The van der Waals surface area contributed by atoms with E-state index in [-0.39, 0.29) is 5.91 Å². The maximum Gasteiger partial charge on any atom is 0.223 e. The van der Waals surface area contributed by atoms with Crippen molar-refractivity contribution in [3.63, 3.8) is 0 Å². The summed E-state index contributed by atoms with van der Waals surface area (Å²) in [6.45, 7) is 6.98. The van der Waals surface area contributed by atoms with Crippen molar-refractivity contribution < 1.29 is 9.90 Å². The third-order valence-corrected chi connectivity index (χ3v) is 2.47. The van der Waals surface area contributed by atoms with Gasteiger partial charge in [0.15, 0.2) is 0 Å². The maximum atomic E-state index is 11.3. The van der Waals surface area contributed by atoms with Crippen molar-refractivity contribution in [2.24, 2.45) is 5.92 Å². The lowest BCUT2D eigenvalue weighted by atomic mass is 10.1. The van der Waals surface area contributed by atoms with Gasteiger partial charge in [0.2, 0.25) is 5.91 Å². The Hall–Kier alpha value is -0.830. The van der Waals surface area contributed by atoms with Gasteiger partial charge in [0.25, 0.3) is 0 Å². The standard InChI is InChI=1S/C14H27NO2/c1-4-5-6-8-13(16)9-7-10-14(17)15-11-12(2)3/h7,9,12-13,16H,4-6,8,10-11H2,1-3H3,(H,15,17)/b9-7+. The smallest absolute Gasteiger partial charge is 0.223 e. The van der Waals surface area contributed by atoms with Crippen LogP contribution in [0.1, 0.15) is 52.9 Å². The largest absolute Gasteiger partial charge is 0.389 e. The Balaban J connectivity index is 3.60. The lowest BCUT2D eigenvalue weighted by Gasteiger charge is -2.06. The van der Waals surface area contributed by atoms with Crippen molar-refractivity contribution in [1.29, 1.82) is 0 Å². The van der Waals surface area contributed by atoms with Gasteiger partial charge in [-0.2, -0.15) is 0 Å². The van der Waals surface area contributed by atoms with E-state index in [0.29, 0.717) is 18.9 Å². The number of nitrogens with one attached hydrogen (secondary N) is 1. The van der Waals surface area contributed by atoms with Gasteiger partial charge in [-0.1, -0.05) is 52.2 Å². The highest BCUT2D eigenvalue weighted by atomic mass is 16.3. The summed E-state index contributed by atoms with van der Waals surface area (Å²) in [5.74, 6) is 0.498. The first-order chi connectivity index (χ1) is 8.06. The number of aliphatic hydroxyl groups is 1. The van der Waals surface area contributed by atoms with Crippen LogP contribution in [0.25, 0.3) is 0 Å². The Morgan fingerprint density at radius 2 is 2.06 bits per heavy atom. The molecule has 0 aromatic carbocycles. The molecule has 0 saturated heterocycles. The van der Waals surface area contributed by atoms with Gasteiger partial charge >= 0.3 is 0 Å². The fourth-order valence-corrected chi connectivity index (χ4v) is 1.42. The molecule has 1 atom stereocenters. The van der Waals surface area contributed by atoms with Crippen LogP contribution in [-0.2, 0) is 4.79 Å². The van der Waals surface area contributed by atoms with Gasteiger partial charge in [-0.25, -0.2) is 0 Å². The molecule has 2 N–H and O–H groups in total. The topological polar surface area (TPSA) is 49.3 Å². The zero-order chi connectivity index (χ0) is 13.1. The third kappa shape index (κ3) is 11.4. The lowest BCUT2D eigenvalue weighted by Crippen LogP contribution is -2.26. The maximum absolute atomic E-state index is 11.3. The van der Waals surface area contributed by atoms with Crippen molar-refractivity contribution in [3.8, 4) is 0 Å². The van der Waals surface area contributed by atoms with E-state index in [0.717, 1.165) is 25.7 Å². The second-order valence-electron chi connectivity index (χ2n) is 4.89. The van der Waals surface area contributed by atoms with Gasteiger partial charge in [-0.3, -0.25) is 4.79 Å². The summed E-state index contributed by atoms with van der Waals surface area (Å²) >= 11 is 0. The van der Waals surface area contributed by atoms with E-state index in [1.165, 1.54) is 0 Å². The SMILES string of the molecule is CCCCCC(O)/C=C/CC(=O)NCC(C)C. The van der Waals surface area contributed by atoms with Gasteiger partial charge in [-0.15, -0.1) is 0 Å². The van der Waals surface area contributed by atoms with Crippen LogP contribution in [0.3, 0.4) is 0 Å². The van der Waals surface area contributed by atoms with Gasteiger partial charge < -0.3 is 10.4 Å². The Morgan fingerprint density at radius 3 is 2.65 bits per heavy atom. The molecule has 0 aromatic rings. The molecule has 0 aliphatic rings. The molecule has 17 heavy (non-hydrogen) atoms. The highest BCUT2D eigenvalue weighted by Crippen LogP contribution is 2.04. The molecule has 3 nitrogen and oxygen atoms in total. The predicted octanol–water partition coefficient (Wildman–Crippen LogP) is 2.65. The van der Waals surface area contributed by atoms with E-state index in [1.54, 1.807) is 12.2 Å². The molecule has 0 rings (SSSR count). The molecule has 0 fully saturated rings. The third-order valence-electron chi connectivity index (χ3n) is 2.47. The number of hydrogen-bond acceptors (Lipinski definition) is 2. The minimum atomic E-state index is -0.403. The normalized spacial score (nSPS) is 13.2. The zero-order valence-corrected chi connectivity index (χ0v) is 11.4. The molecule has 0 spiro atoms. The summed E-state index contributed by atoms with van der Waals surface area (Å²) in [6, 6.07) is 0. The number of aliphatic hydroxyl groups excluding tert-OH is 1. The molecular weight excluding hydrogens is 214 g/mol. The van der Waals surface area contributed by atoms with E-state index in [2.05, 4.69) is 26.1 Å². The molecule has 0 bridgehead atoms.